The van der Waals surface area contributed by atoms with Gasteiger partial charge in [-0.05, 0) is 260 Å². The van der Waals surface area contributed by atoms with E-state index >= 15 is 0 Å². The van der Waals surface area contributed by atoms with Gasteiger partial charge in [0, 0.05) is 129 Å². The number of amides is 10. The number of nitrogens with one attached hydrogen (secondary N) is 13. The Bertz CT molecular complexity index is 6760. The van der Waals surface area contributed by atoms with Gasteiger partial charge in [0.2, 0.25) is 35.4 Å². The summed E-state index contributed by atoms with van der Waals surface area (Å²) >= 11 is 0. The molecule has 15 N–H and O–H groups in total. The summed E-state index contributed by atoms with van der Waals surface area (Å²) in [6, 6.07) is 49.7. The van der Waals surface area contributed by atoms with Gasteiger partial charge in [0.05, 0.1) is 68.6 Å². The summed E-state index contributed by atoms with van der Waals surface area (Å²) in [5.74, 6) is -1.53. The zero-order valence-corrected chi connectivity index (χ0v) is 82.5. The molecule has 0 unspecified atom stereocenters. The van der Waals surface area contributed by atoms with Crippen molar-refractivity contribution >= 4 is 103 Å². The van der Waals surface area contributed by atoms with Gasteiger partial charge in [-0.1, -0.05) is 83.2 Å². The number of benzene rings is 8. The molecule has 0 saturated heterocycles. The Labute approximate surface area is 828 Å². The van der Waals surface area contributed by atoms with Crippen LogP contribution in [-0.2, 0) is 54.7 Å². The molecule has 0 radical (unpaired) electrons. The van der Waals surface area contributed by atoms with Crippen LogP contribution in [0.1, 0.15) is 119 Å². The number of imidazole rings is 4. The SMILES string of the molecule is C[C@@H](NC(=O)CNCCCn1cc(CCCCN(C)CCNC(=O)c2ccc(-c3nc4cc(-c5ccc6[nH]c(-c7ccc(C(=O)NCCN(C)C)cc7)nc6c5)ccc4[nH]3)cc2)nn1)C(=O)N[C@H](C)C(=O)N[C@H](C)C(=O)N[C@H](C)C(=O)N(CCCn1cc(CCCCN(C)CCNC(=O)c2ccc(-c3nc4cc(-c5ccc6[nH]c(-c7ccc(C(=O)NCCN(C)C)cc7)nc6c5)ccc4[nH]3)cc2)nn1)CC(N)=O. The molecule has 8 aromatic carbocycles. The number of aryl methyl sites for hydroxylation is 4. The molecule has 0 aliphatic rings. The van der Waals surface area contributed by atoms with E-state index < -0.39 is 66.2 Å². The normalized spacial score (nSPS) is 12.4. The van der Waals surface area contributed by atoms with Crippen molar-refractivity contribution < 1.29 is 47.9 Å². The van der Waals surface area contributed by atoms with E-state index in [1.54, 1.807) is 33.6 Å². The van der Waals surface area contributed by atoms with Crippen LogP contribution >= 0.6 is 0 Å². The lowest BCUT2D eigenvalue weighted by molar-refractivity contribution is -0.139. The summed E-state index contributed by atoms with van der Waals surface area (Å²) in [6.07, 6.45) is 9.76. The lowest BCUT2D eigenvalue weighted by Gasteiger charge is -2.26. The van der Waals surface area contributed by atoms with Crippen molar-refractivity contribution in [3.05, 3.63) is 216 Å². The topological polar surface area (TPSA) is 497 Å². The third-order valence-corrected chi connectivity index (χ3v) is 24.7. The molecular formula is C104H127N29O10. The van der Waals surface area contributed by atoms with E-state index in [4.69, 9.17) is 25.7 Å². The second-order valence-corrected chi connectivity index (χ2v) is 36.8. The lowest BCUT2D eigenvalue weighted by Crippen LogP contribution is -2.57. The van der Waals surface area contributed by atoms with Crippen LogP contribution in [0, 0.1) is 0 Å². The summed E-state index contributed by atoms with van der Waals surface area (Å²) < 4.78 is 3.43. The quantitative estimate of drug-likeness (QED) is 0.0162. The van der Waals surface area contributed by atoms with Gasteiger partial charge in [-0.15, -0.1) is 10.2 Å². The van der Waals surface area contributed by atoms with Crippen LogP contribution < -0.4 is 53.6 Å². The average molecular weight is 1940 g/mol. The first-order valence-corrected chi connectivity index (χ1v) is 48.4. The van der Waals surface area contributed by atoms with Crippen molar-refractivity contribution in [3.63, 3.8) is 0 Å². The molecule has 748 valence electrons. The van der Waals surface area contributed by atoms with E-state index in [2.05, 4.69) is 122 Å². The number of likely N-dealkylation sites (N-methyl/N-ethyl adjacent to an activating group) is 4. The standard InChI is InChI=1S/C104H127N29O10/c1-65(111-92(135)61-106-43-15-51-132-62-81(123-125-132)17-11-13-48-129(9)55-46-109-102(141)75-31-23-71(24-32-75)95-117-85-41-37-79(59-89(85)121-95)77-35-39-83-87(57-77)119-93(115-83)69-19-27-73(28-20-69)100(139)107-44-53-127(5)6)97(136)112-66(2)98(137)113-67(3)99(138)114-68(4)104(143)131(64-91(105)134)50-16-52-133-63-82(124-126-133)18-12-14-49-130(10)56-47-110-103(142)76-33-25-72(26-34-76)96-118-86-42-38-80(60-90(86)122-96)78-36-40-84-88(58-78)120-94(116-84)70-21-29-74(30-22-70)101(140)108-45-54-128(7)8/h19-42,57-60,62-63,65-68,106H,11-18,43-56,61,64H2,1-10H3,(H2,105,134)(H,107,139)(H,108,140)(H,109,141)(H,110,142)(H,111,135)(H,112,136)(H,113,137)(H,114,138)(H,115,119)(H,116,120)(H,117,121)(H,118,122)/t65-,66-,67-,68-/m1/s1. The molecule has 39 heteroatoms. The van der Waals surface area contributed by atoms with Crippen molar-refractivity contribution in [1.29, 1.82) is 0 Å². The first-order chi connectivity index (χ1) is 68.9. The average Bonchev–Trinajstić information content (AvgIpc) is 1.64. The largest absolute Gasteiger partial charge is 0.368 e. The van der Waals surface area contributed by atoms with Gasteiger partial charge in [-0.2, -0.15) is 0 Å². The molecule has 4 atom stereocenters. The molecule has 39 nitrogen and oxygen atoms in total. The summed E-state index contributed by atoms with van der Waals surface area (Å²) in [6.45, 7) is 13.4. The minimum absolute atomic E-state index is 0.0678. The van der Waals surface area contributed by atoms with Gasteiger partial charge in [-0.3, -0.25) is 57.3 Å². The number of aromatic amines is 4. The highest BCUT2D eigenvalue weighted by Crippen LogP contribution is 2.33. The van der Waals surface area contributed by atoms with Crippen LogP contribution in [-0.4, -0.2) is 312 Å². The Hall–Kier alpha value is -15.6. The number of fused-ring (bicyclic) bond motifs is 4. The Balaban J connectivity index is 0.412. The van der Waals surface area contributed by atoms with Gasteiger partial charge in [0.1, 0.15) is 47.5 Å². The van der Waals surface area contributed by atoms with E-state index in [9.17, 15) is 47.9 Å². The van der Waals surface area contributed by atoms with Crippen molar-refractivity contribution in [1.82, 2.24) is 142 Å². The number of nitrogens with two attached hydrogens (primary N) is 1. The third kappa shape index (κ3) is 29.3. The van der Waals surface area contributed by atoms with Crippen LogP contribution in [0.2, 0.25) is 0 Å². The van der Waals surface area contributed by atoms with Gasteiger partial charge >= 0.3 is 0 Å². The number of hydrogen-bond donors (Lipinski definition) is 14. The molecule has 0 aliphatic heterocycles. The van der Waals surface area contributed by atoms with Gasteiger partial charge in [0.25, 0.3) is 23.6 Å². The lowest BCUT2D eigenvalue weighted by atomic mass is 10.0. The molecule has 6 aromatic heterocycles. The molecule has 0 bridgehead atoms. The van der Waals surface area contributed by atoms with E-state index in [0.717, 1.165) is 158 Å². The highest BCUT2D eigenvalue weighted by atomic mass is 16.2. The minimum atomic E-state index is -1.14. The maximum atomic E-state index is 13.7. The zero-order chi connectivity index (χ0) is 101. The molecule has 10 amide bonds. The summed E-state index contributed by atoms with van der Waals surface area (Å²) in [5, 5.41) is 42.6. The number of nitrogens with zero attached hydrogens (tertiary/aromatic N) is 15. The number of rotatable bonds is 52. The fourth-order valence-corrected chi connectivity index (χ4v) is 16.3. The molecule has 6 heterocycles. The molecule has 0 aliphatic carbocycles. The Morgan fingerprint density at radius 2 is 0.664 bits per heavy atom. The molecule has 0 spiro atoms. The van der Waals surface area contributed by atoms with Crippen LogP contribution in [0.25, 0.3) is 112 Å². The number of carbonyl (C=O) groups is 10. The number of unbranched alkanes of at least 4 members (excludes halogenated alkanes) is 2. The molecule has 143 heavy (non-hydrogen) atoms. The molecular weight excluding hydrogens is 1820 g/mol. The molecule has 14 rings (SSSR count). The minimum Gasteiger partial charge on any atom is -0.368 e. The fraction of sp³-hybridized carbons (Fsp3) is 0.365. The van der Waals surface area contributed by atoms with E-state index in [-0.39, 0.29) is 36.7 Å². The van der Waals surface area contributed by atoms with Crippen LogP contribution in [0.5, 0.6) is 0 Å². The third-order valence-electron chi connectivity index (χ3n) is 24.7. The first-order valence-electron chi connectivity index (χ1n) is 48.4. The predicted molar refractivity (Wildman–Crippen MR) is 550 cm³/mol. The van der Waals surface area contributed by atoms with Gasteiger partial charge in [0.15, 0.2) is 0 Å². The summed E-state index contributed by atoms with van der Waals surface area (Å²) in [4.78, 5) is 173. The smallest absolute Gasteiger partial charge is 0.251 e. The van der Waals surface area contributed by atoms with E-state index in [1.807, 2.05) is 186 Å². The second-order valence-electron chi connectivity index (χ2n) is 36.8. The van der Waals surface area contributed by atoms with Crippen molar-refractivity contribution in [2.45, 2.75) is 116 Å². The Morgan fingerprint density at radius 1 is 0.350 bits per heavy atom. The number of hydrogen-bond acceptors (Lipinski definition) is 23. The number of primary amides is 1. The Kier molecular flexibility index (Phi) is 35.8. The van der Waals surface area contributed by atoms with Crippen molar-refractivity contribution in [2.24, 2.45) is 5.73 Å². The fourth-order valence-electron chi connectivity index (χ4n) is 16.3. The maximum Gasteiger partial charge on any atom is 0.251 e. The summed E-state index contributed by atoms with van der Waals surface area (Å²) in [5.41, 5.74) is 23.7. The highest BCUT2D eigenvalue weighted by Gasteiger charge is 2.29. The molecule has 0 saturated carbocycles. The van der Waals surface area contributed by atoms with Crippen LogP contribution in [0.3, 0.4) is 0 Å². The van der Waals surface area contributed by atoms with Gasteiger partial charge in [-0.25, -0.2) is 19.9 Å². The molecule has 14 aromatic rings. The molecule has 0 fully saturated rings. The second kappa shape index (κ2) is 49.5. The van der Waals surface area contributed by atoms with Crippen LogP contribution in [0.4, 0.5) is 0 Å². The number of aromatic nitrogens is 14. The Morgan fingerprint density at radius 3 is 1.00 bits per heavy atom. The van der Waals surface area contributed by atoms with Crippen molar-refractivity contribution in [2.75, 3.05) is 134 Å². The maximum absolute atomic E-state index is 13.7. The number of carbonyl (C=O) groups excluding carboxylic acids is 10. The highest BCUT2D eigenvalue weighted by molar-refractivity contribution is 6.00. The van der Waals surface area contributed by atoms with Crippen molar-refractivity contribution in [3.8, 4) is 67.8 Å². The van der Waals surface area contributed by atoms with E-state index in [1.165, 1.54) is 32.6 Å². The zero-order valence-electron chi connectivity index (χ0n) is 82.5. The predicted octanol–water partition coefficient (Wildman–Crippen LogP) is 7.73. The number of H-pyrrole nitrogens is 4. The monoisotopic (exact) mass is 1940 g/mol. The summed E-state index contributed by atoms with van der Waals surface area (Å²) in [7, 11) is 11.9. The first kappa shape index (κ1) is 103. The van der Waals surface area contributed by atoms with Crippen LogP contribution in [0.15, 0.2) is 182 Å². The van der Waals surface area contributed by atoms with E-state index in [0.29, 0.717) is 124 Å². The van der Waals surface area contributed by atoms with Gasteiger partial charge < -0.3 is 98.0 Å².